The highest BCUT2D eigenvalue weighted by Gasteiger charge is 2.27. The lowest BCUT2D eigenvalue weighted by Crippen LogP contribution is -2.50. The number of anilines is 1. The van der Waals surface area contributed by atoms with Gasteiger partial charge in [-0.2, -0.15) is 0 Å². The Morgan fingerprint density at radius 1 is 0.829 bits per heavy atom. The summed E-state index contributed by atoms with van der Waals surface area (Å²) in [6.45, 7) is 1.12. The quantitative estimate of drug-likeness (QED) is 0.564. The molecule has 0 unspecified atom stereocenters. The molecule has 1 saturated heterocycles. The van der Waals surface area contributed by atoms with Crippen molar-refractivity contribution in [3.63, 3.8) is 0 Å². The van der Waals surface area contributed by atoms with Gasteiger partial charge in [0.15, 0.2) is 0 Å². The van der Waals surface area contributed by atoms with E-state index in [0.717, 1.165) is 0 Å². The van der Waals surface area contributed by atoms with Crippen LogP contribution in [0.15, 0.2) is 77.7 Å². The molecule has 0 aliphatic carbocycles. The molecule has 1 fully saturated rings. The van der Waals surface area contributed by atoms with Crippen LogP contribution in [-0.2, 0) is 10.0 Å². The molecule has 0 aromatic heterocycles. The normalized spacial score (nSPS) is 13.9. The van der Waals surface area contributed by atoms with Crippen molar-refractivity contribution in [1.29, 1.82) is 0 Å². The van der Waals surface area contributed by atoms with Gasteiger partial charge in [-0.05, 0) is 48.5 Å². The SMILES string of the molecule is COc1ccccc1NS(=O)(=O)c1ccc(C(=O)N2CCN(C(=O)c3ccccc3F)CC2)cc1. The van der Waals surface area contributed by atoms with Crippen LogP contribution in [0.1, 0.15) is 20.7 Å². The third-order valence-corrected chi connectivity index (χ3v) is 7.10. The lowest BCUT2D eigenvalue weighted by atomic mass is 10.1. The third-order valence-electron chi connectivity index (χ3n) is 5.72. The van der Waals surface area contributed by atoms with Gasteiger partial charge in [0.2, 0.25) is 0 Å². The summed E-state index contributed by atoms with van der Waals surface area (Å²) in [7, 11) is -2.44. The van der Waals surface area contributed by atoms with Crippen molar-refractivity contribution in [2.45, 2.75) is 4.90 Å². The van der Waals surface area contributed by atoms with Crippen molar-refractivity contribution in [3.05, 3.63) is 89.7 Å². The lowest BCUT2D eigenvalue weighted by molar-refractivity contribution is 0.0533. The summed E-state index contributed by atoms with van der Waals surface area (Å²) in [4.78, 5) is 28.6. The maximum Gasteiger partial charge on any atom is 0.262 e. The second kappa shape index (κ2) is 10.1. The van der Waals surface area contributed by atoms with Gasteiger partial charge in [-0.1, -0.05) is 24.3 Å². The number of nitrogens with one attached hydrogen (secondary N) is 1. The number of carbonyl (C=O) groups is 2. The van der Waals surface area contributed by atoms with Gasteiger partial charge < -0.3 is 14.5 Å². The Morgan fingerprint density at radius 2 is 1.40 bits per heavy atom. The Bertz CT molecular complexity index is 1340. The topological polar surface area (TPSA) is 96.0 Å². The van der Waals surface area contributed by atoms with E-state index < -0.39 is 21.7 Å². The molecule has 3 aromatic rings. The highest BCUT2D eigenvalue weighted by Crippen LogP contribution is 2.26. The van der Waals surface area contributed by atoms with Gasteiger partial charge >= 0.3 is 0 Å². The van der Waals surface area contributed by atoms with E-state index in [1.165, 1.54) is 54.5 Å². The van der Waals surface area contributed by atoms with Crippen molar-refractivity contribution < 1.29 is 27.1 Å². The average Bonchev–Trinajstić information content (AvgIpc) is 2.88. The smallest absolute Gasteiger partial charge is 0.262 e. The zero-order valence-corrected chi connectivity index (χ0v) is 19.8. The molecule has 0 saturated carbocycles. The van der Waals surface area contributed by atoms with Crippen LogP contribution in [0.25, 0.3) is 0 Å². The fraction of sp³-hybridized carbons (Fsp3) is 0.200. The van der Waals surface area contributed by atoms with Crippen molar-refractivity contribution >= 4 is 27.5 Å². The largest absolute Gasteiger partial charge is 0.495 e. The molecule has 0 radical (unpaired) electrons. The summed E-state index contributed by atoms with van der Waals surface area (Å²) in [6.07, 6.45) is 0. The molecule has 0 atom stereocenters. The molecule has 3 aromatic carbocycles. The van der Waals surface area contributed by atoms with Crippen LogP contribution in [0.4, 0.5) is 10.1 Å². The molecule has 182 valence electrons. The van der Waals surface area contributed by atoms with Crippen molar-refractivity contribution in [2.24, 2.45) is 0 Å². The maximum absolute atomic E-state index is 13.9. The van der Waals surface area contributed by atoms with E-state index in [1.54, 1.807) is 35.2 Å². The van der Waals surface area contributed by atoms with Gasteiger partial charge in [-0.25, -0.2) is 12.8 Å². The monoisotopic (exact) mass is 497 g/mol. The van der Waals surface area contributed by atoms with Gasteiger partial charge in [0, 0.05) is 31.7 Å². The Hall–Kier alpha value is -3.92. The van der Waals surface area contributed by atoms with Crippen LogP contribution < -0.4 is 9.46 Å². The second-order valence-corrected chi connectivity index (χ2v) is 9.58. The Kier molecular flexibility index (Phi) is 7.02. The van der Waals surface area contributed by atoms with Gasteiger partial charge in [0.1, 0.15) is 11.6 Å². The Morgan fingerprint density at radius 3 is 2.03 bits per heavy atom. The number of nitrogens with zero attached hydrogens (tertiary/aromatic N) is 2. The molecule has 8 nitrogen and oxygen atoms in total. The fourth-order valence-electron chi connectivity index (χ4n) is 3.81. The number of hydrogen-bond donors (Lipinski definition) is 1. The number of para-hydroxylation sites is 2. The number of sulfonamides is 1. The molecule has 4 rings (SSSR count). The first-order valence-corrected chi connectivity index (χ1v) is 12.4. The number of rotatable bonds is 6. The Balaban J connectivity index is 1.39. The number of hydrogen-bond acceptors (Lipinski definition) is 5. The molecule has 1 heterocycles. The lowest BCUT2D eigenvalue weighted by Gasteiger charge is -2.35. The number of benzene rings is 3. The highest BCUT2D eigenvalue weighted by atomic mass is 32.2. The maximum atomic E-state index is 13.9. The number of carbonyl (C=O) groups excluding carboxylic acids is 2. The molecule has 1 aliphatic heterocycles. The van der Waals surface area contributed by atoms with E-state index in [2.05, 4.69) is 4.72 Å². The minimum absolute atomic E-state index is 0.000241. The summed E-state index contributed by atoms with van der Waals surface area (Å²) in [5.74, 6) is -0.876. The minimum Gasteiger partial charge on any atom is -0.495 e. The van der Waals surface area contributed by atoms with E-state index in [1.807, 2.05) is 0 Å². The Labute approximate surface area is 203 Å². The number of ether oxygens (including phenoxy) is 1. The molecular formula is C25H24FN3O5S. The summed E-state index contributed by atoms with van der Waals surface area (Å²) in [5.41, 5.74) is 0.638. The zero-order chi connectivity index (χ0) is 25.0. The predicted molar refractivity (Wildman–Crippen MR) is 128 cm³/mol. The van der Waals surface area contributed by atoms with Gasteiger partial charge in [0.05, 0.1) is 23.3 Å². The predicted octanol–water partition coefficient (Wildman–Crippen LogP) is 3.23. The second-order valence-electron chi connectivity index (χ2n) is 7.89. The standard InChI is InChI=1S/C25H24FN3O5S/c1-34-23-9-5-4-8-22(23)27-35(32,33)19-12-10-18(11-13-19)24(30)28-14-16-29(17-15-28)25(31)20-6-2-3-7-21(20)26/h2-13,27H,14-17H2,1H3. The van der Waals surface area contributed by atoms with E-state index in [9.17, 15) is 22.4 Å². The first-order valence-electron chi connectivity index (χ1n) is 10.9. The highest BCUT2D eigenvalue weighted by molar-refractivity contribution is 7.92. The molecule has 0 bridgehead atoms. The fourth-order valence-corrected chi connectivity index (χ4v) is 4.88. The van der Waals surface area contributed by atoms with E-state index >= 15 is 0 Å². The molecule has 2 amide bonds. The number of piperazine rings is 1. The van der Waals surface area contributed by atoms with Gasteiger partial charge in [-0.3, -0.25) is 14.3 Å². The van der Waals surface area contributed by atoms with Crippen LogP contribution >= 0.6 is 0 Å². The van der Waals surface area contributed by atoms with Crippen LogP contribution in [0.2, 0.25) is 0 Å². The summed E-state index contributed by atoms with van der Waals surface area (Å²) < 4.78 is 47.1. The molecule has 10 heteroatoms. The van der Waals surface area contributed by atoms with Crippen LogP contribution in [0.3, 0.4) is 0 Å². The van der Waals surface area contributed by atoms with Crippen molar-refractivity contribution in [1.82, 2.24) is 9.80 Å². The molecule has 35 heavy (non-hydrogen) atoms. The third kappa shape index (κ3) is 5.27. The number of halogens is 1. The average molecular weight is 498 g/mol. The van der Waals surface area contributed by atoms with E-state index in [-0.39, 0.29) is 42.5 Å². The van der Waals surface area contributed by atoms with Gasteiger partial charge in [0.25, 0.3) is 21.8 Å². The molecule has 1 aliphatic rings. The van der Waals surface area contributed by atoms with Gasteiger partial charge in [-0.15, -0.1) is 0 Å². The van der Waals surface area contributed by atoms with E-state index in [0.29, 0.717) is 17.0 Å². The molecular weight excluding hydrogens is 473 g/mol. The summed E-state index contributed by atoms with van der Waals surface area (Å²) >= 11 is 0. The summed E-state index contributed by atoms with van der Waals surface area (Å²) in [5, 5.41) is 0. The minimum atomic E-state index is -3.89. The van der Waals surface area contributed by atoms with Crippen LogP contribution in [0, 0.1) is 5.82 Å². The summed E-state index contributed by atoms with van der Waals surface area (Å²) in [6, 6.07) is 18.1. The van der Waals surface area contributed by atoms with Crippen LogP contribution in [-0.4, -0.2) is 63.3 Å². The first-order chi connectivity index (χ1) is 16.8. The van der Waals surface area contributed by atoms with E-state index in [4.69, 9.17) is 4.74 Å². The zero-order valence-electron chi connectivity index (χ0n) is 19.0. The van der Waals surface area contributed by atoms with Crippen molar-refractivity contribution in [2.75, 3.05) is 38.0 Å². The number of methoxy groups -OCH3 is 1. The van der Waals surface area contributed by atoms with Crippen LogP contribution in [0.5, 0.6) is 5.75 Å². The molecule has 1 N–H and O–H groups in total. The molecule has 0 spiro atoms. The first kappa shape index (κ1) is 24.2. The number of amides is 2. The van der Waals surface area contributed by atoms with Crippen molar-refractivity contribution in [3.8, 4) is 5.75 Å².